The van der Waals surface area contributed by atoms with Crippen molar-refractivity contribution in [2.24, 2.45) is 0 Å². The van der Waals surface area contributed by atoms with E-state index >= 15 is 0 Å². The van der Waals surface area contributed by atoms with E-state index in [1.54, 1.807) is 7.11 Å². The van der Waals surface area contributed by atoms with E-state index in [1.165, 1.54) is 0 Å². The van der Waals surface area contributed by atoms with E-state index in [2.05, 4.69) is 17.1 Å². The molecule has 1 unspecified atom stereocenters. The van der Waals surface area contributed by atoms with Gasteiger partial charge in [-0.25, -0.2) is 0 Å². The van der Waals surface area contributed by atoms with Gasteiger partial charge in [0.2, 0.25) is 5.91 Å². The van der Waals surface area contributed by atoms with Crippen LogP contribution in [-0.2, 0) is 9.53 Å². The molecule has 2 heterocycles. The van der Waals surface area contributed by atoms with Gasteiger partial charge in [0.25, 0.3) is 0 Å². The normalized spacial score (nSPS) is 29.5. The fourth-order valence-corrected chi connectivity index (χ4v) is 2.99. The van der Waals surface area contributed by atoms with E-state index in [1.807, 2.05) is 4.90 Å². The molecule has 2 fully saturated rings. The number of carbonyl (C=O) groups excluding carboxylic acids is 1. The van der Waals surface area contributed by atoms with Gasteiger partial charge >= 0.3 is 0 Å². The highest BCUT2D eigenvalue weighted by Gasteiger charge is 2.30. The Balaban J connectivity index is 1.73. The standard InChI is InChI=1S/C14H27N3O2/c1-14(19-2)5-3-8-16(12-14)9-4-13(18)17-10-6-15-7-11-17/h15H,3-12H2,1-2H3. The average Bonchev–Trinajstić information content (AvgIpc) is 2.46. The Morgan fingerprint density at radius 3 is 2.74 bits per heavy atom. The third-order valence-electron chi connectivity index (χ3n) is 4.34. The van der Waals surface area contributed by atoms with Crippen LogP contribution in [0.3, 0.4) is 0 Å². The van der Waals surface area contributed by atoms with Crippen LogP contribution in [0.5, 0.6) is 0 Å². The highest BCUT2D eigenvalue weighted by Crippen LogP contribution is 2.23. The zero-order valence-electron chi connectivity index (χ0n) is 12.3. The smallest absolute Gasteiger partial charge is 0.223 e. The molecule has 5 heteroatoms. The van der Waals surface area contributed by atoms with Crippen LogP contribution in [0.25, 0.3) is 0 Å². The molecule has 0 aromatic heterocycles. The third kappa shape index (κ3) is 4.16. The molecule has 0 aliphatic carbocycles. The Morgan fingerprint density at radius 1 is 1.32 bits per heavy atom. The van der Waals surface area contributed by atoms with Crippen LogP contribution in [0.1, 0.15) is 26.2 Å². The predicted octanol–water partition coefficient (Wildman–Crippen LogP) is 0.309. The molecule has 5 nitrogen and oxygen atoms in total. The molecule has 0 bridgehead atoms. The molecule has 1 amide bonds. The maximum absolute atomic E-state index is 12.1. The Labute approximate surface area is 116 Å². The number of nitrogens with zero attached hydrogens (tertiary/aromatic N) is 2. The SMILES string of the molecule is COC1(C)CCCN(CCC(=O)N2CCNCC2)C1. The van der Waals surface area contributed by atoms with Crippen molar-refractivity contribution in [1.29, 1.82) is 0 Å². The van der Waals surface area contributed by atoms with Gasteiger partial charge in [-0.15, -0.1) is 0 Å². The van der Waals surface area contributed by atoms with E-state index in [9.17, 15) is 4.79 Å². The van der Waals surface area contributed by atoms with Crippen molar-refractivity contribution in [3.63, 3.8) is 0 Å². The largest absolute Gasteiger partial charge is 0.377 e. The lowest BCUT2D eigenvalue weighted by molar-refractivity contribution is -0.132. The van der Waals surface area contributed by atoms with Crippen LogP contribution in [-0.4, -0.2) is 74.2 Å². The zero-order valence-corrected chi connectivity index (χ0v) is 12.3. The minimum atomic E-state index is -0.0314. The molecule has 2 aliphatic rings. The molecule has 1 atom stereocenters. The number of rotatable bonds is 4. The monoisotopic (exact) mass is 269 g/mol. The summed E-state index contributed by atoms with van der Waals surface area (Å²) in [6.07, 6.45) is 2.91. The van der Waals surface area contributed by atoms with Crippen LogP contribution in [0.2, 0.25) is 0 Å². The number of ether oxygens (including phenoxy) is 1. The molecular weight excluding hydrogens is 242 g/mol. The molecular formula is C14H27N3O2. The number of nitrogens with one attached hydrogen (secondary N) is 1. The van der Waals surface area contributed by atoms with E-state index in [0.29, 0.717) is 12.3 Å². The fraction of sp³-hybridized carbons (Fsp3) is 0.929. The Kier molecular flexibility index (Phi) is 5.19. The molecule has 2 aliphatic heterocycles. The minimum absolute atomic E-state index is 0.0314. The first-order valence-corrected chi connectivity index (χ1v) is 7.39. The van der Waals surface area contributed by atoms with Gasteiger partial charge in [0, 0.05) is 52.8 Å². The first-order valence-electron chi connectivity index (χ1n) is 7.39. The summed E-state index contributed by atoms with van der Waals surface area (Å²) >= 11 is 0. The van der Waals surface area contributed by atoms with E-state index in [0.717, 1.165) is 58.7 Å². The Bertz CT molecular complexity index is 305. The van der Waals surface area contributed by atoms with Gasteiger partial charge in [-0.3, -0.25) is 9.69 Å². The Hall–Kier alpha value is -0.650. The van der Waals surface area contributed by atoms with Crippen molar-refractivity contribution in [3.05, 3.63) is 0 Å². The summed E-state index contributed by atoms with van der Waals surface area (Å²) in [6.45, 7) is 8.63. The zero-order chi connectivity index (χ0) is 13.7. The van der Waals surface area contributed by atoms with Crippen molar-refractivity contribution in [2.75, 3.05) is 52.9 Å². The molecule has 0 radical (unpaired) electrons. The number of hydrogen-bond donors (Lipinski definition) is 1. The van der Waals surface area contributed by atoms with Crippen LogP contribution in [0, 0.1) is 0 Å². The molecule has 0 spiro atoms. The van der Waals surface area contributed by atoms with Crippen molar-refractivity contribution >= 4 is 5.91 Å². The van der Waals surface area contributed by atoms with Gasteiger partial charge in [-0.2, -0.15) is 0 Å². The van der Waals surface area contributed by atoms with Crippen LogP contribution in [0.4, 0.5) is 0 Å². The molecule has 2 rings (SSSR count). The summed E-state index contributed by atoms with van der Waals surface area (Å²) in [5, 5.41) is 3.27. The Morgan fingerprint density at radius 2 is 2.05 bits per heavy atom. The van der Waals surface area contributed by atoms with Gasteiger partial charge in [0.1, 0.15) is 0 Å². The number of likely N-dealkylation sites (tertiary alicyclic amines) is 1. The first-order chi connectivity index (χ1) is 9.13. The number of hydrogen-bond acceptors (Lipinski definition) is 4. The maximum atomic E-state index is 12.1. The van der Waals surface area contributed by atoms with Gasteiger partial charge in [0.05, 0.1) is 5.60 Å². The number of methoxy groups -OCH3 is 1. The second-order valence-corrected chi connectivity index (χ2v) is 5.91. The maximum Gasteiger partial charge on any atom is 0.223 e. The van der Waals surface area contributed by atoms with Crippen LogP contribution >= 0.6 is 0 Å². The quantitative estimate of drug-likeness (QED) is 0.798. The summed E-state index contributed by atoms with van der Waals surface area (Å²) in [5.74, 6) is 0.297. The topological polar surface area (TPSA) is 44.8 Å². The second kappa shape index (κ2) is 6.68. The number of carbonyl (C=O) groups is 1. The van der Waals surface area contributed by atoms with Gasteiger partial charge < -0.3 is 15.0 Å². The summed E-state index contributed by atoms with van der Waals surface area (Å²) < 4.78 is 5.59. The molecule has 0 aromatic carbocycles. The summed E-state index contributed by atoms with van der Waals surface area (Å²) in [4.78, 5) is 16.5. The second-order valence-electron chi connectivity index (χ2n) is 5.91. The van der Waals surface area contributed by atoms with Crippen molar-refractivity contribution in [2.45, 2.75) is 31.8 Å². The average molecular weight is 269 g/mol. The van der Waals surface area contributed by atoms with Crippen molar-refractivity contribution < 1.29 is 9.53 Å². The molecule has 1 N–H and O–H groups in total. The lowest BCUT2D eigenvalue weighted by Crippen LogP contribution is -2.49. The number of piperazine rings is 1. The van der Waals surface area contributed by atoms with E-state index in [4.69, 9.17) is 4.74 Å². The summed E-state index contributed by atoms with van der Waals surface area (Å²) in [6, 6.07) is 0. The molecule has 0 aromatic rings. The van der Waals surface area contributed by atoms with Gasteiger partial charge in [-0.05, 0) is 26.3 Å². The number of piperidine rings is 1. The van der Waals surface area contributed by atoms with Gasteiger partial charge in [0.15, 0.2) is 0 Å². The summed E-state index contributed by atoms with van der Waals surface area (Å²) in [5.41, 5.74) is -0.0314. The number of amides is 1. The minimum Gasteiger partial charge on any atom is -0.377 e. The third-order valence-corrected chi connectivity index (χ3v) is 4.34. The highest BCUT2D eigenvalue weighted by atomic mass is 16.5. The molecule has 0 saturated carbocycles. The molecule has 110 valence electrons. The lowest BCUT2D eigenvalue weighted by atomic mass is 9.94. The molecule has 19 heavy (non-hydrogen) atoms. The summed E-state index contributed by atoms with van der Waals surface area (Å²) in [7, 11) is 1.79. The first kappa shape index (κ1) is 14.8. The fourth-order valence-electron chi connectivity index (χ4n) is 2.99. The molecule has 2 saturated heterocycles. The van der Waals surface area contributed by atoms with E-state index < -0.39 is 0 Å². The predicted molar refractivity (Wildman–Crippen MR) is 75.2 cm³/mol. The van der Waals surface area contributed by atoms with Crippen molar-refractivity contribution in [3.8, 4) is 0 Å². The van der Waals surface area contributed by atoms with Crippen LogP contribution < -0.4 is 5.32 Å². The van der Waals surface area contributed by atoms with Gasteiger partial charge in [-0.1, -0.05) is 0 Å². The highest BCUT2D eigenvalue weighted by molar-refractivity contribution is 5.76. The van der Waals surface area contributed by atoms with E-state index in [-0.39, 0.29) is 5.60 Å². The van der Waals surface area contributed by atoms with Crippen LogP contribution in [0.15, 0.2) is 0 Å². The lowest BCUT2D eigenvalue weighted by Gasteiger charge is -2.39. The van der Waals surface area contributed by atoms with Crippen molar-refractivity contribution in [1.82, 2.24) is 15.1 Å².